The van der Waals surface area contributed by atoms with E-state index in [0.29, 0.717) is 23.8 Å². The van der Waals surface area contributed by atoms with E-state index < -0.39 is 9.84 Å². The van der Waals surface area contributed by atoms with Gasteiger partial charge in [0.2, 0.25) is 0 Å². The molecular weight excluding hydrogens is 176 g/mol. The van der Waals surface area contributed by atoms with Gasteiger partial charge in [0.1, 0.15) is 5.78 Å². The Labute approximate surface area is 72.1 Å². The van der Waals surface area contributed by atoms with Gasteiger partial charge in [0.15, 0.2) is 9.84 Å². The summed E-state index contributed by atoms with van der Waals surface area (Å²) in [6, 6.07) is 0. The molecule has 0 aromatic carbocycles. The van der Waals surface area contributed by atoms with Crippen molar-refractivity contribution < 1.29 is 13.2 Å². The zero-order chi connectivity index (χ0) is 8.98. The van der Waals surface area contributed by atoms with Crippen LogP contribution in [0.5, 0.6) is 0 Å². The molecule has 2 fully saturated rings. The van der Waals surface area contributed by atoms with E-state index in [2.05, 4.69) is 0 Å². The summed E-state index contributed by atoms with van der Waals surface area (Å²) < 4.78 is 21.8. The molecule has 1 aliphatic carbocycles. The summed E-state index contributed by atoms with van der Waals surface area (Å²) in [5.41, 5.74) is 0.0461. The van der Waals surface area contributed by atoms with E-state index in [4.69, 9.17) is 0 Å². The molecule has 1 saturated carbocycles. The lowest BCUT2D eigenvalue weighted by Gasteiger charge is -2.26. The molecular formula is C8H12O3S. The van der Waals surface area contributed by atoms with Crippen LogP contribution in [0.2, 0.25) is 0 Å². The molecule has 12 heavy (non-hydrogen) atoms. The van der Waals surface area contributed by atoms with E-state index in [1.54, 1.807) is 6.92 Å². The SMILES string of the molecule is CC(=O)CC1CC12CS(=O)(=O)C2. The van der Waals surface area contributed by atoms with Gasteiger partial charge in [-0.2, -0.15) is 0 Å². The lowest BCUT2D eigenvalue weighted by Crippen LogP contribution is -2.39. The van der Waals surface area contributed by atoms with Crippen molar-refractivity contribution >= 4 is 15.6 Å². The highest BCUT2D eigenvalue weighted by Gasteiger charge is 2.64. The molecule has 3 nitrogen and oxygen atoms in total. The molecule has 0 aromatic heterocycles. The van der Waals surface area contributed by atoms with Gasteiger partial charge in [-0.15, -0.1) is 0 Å². The van der Waals surface area contributed by atoms with Gasteiger partial charge >= 0.3 is 0 Å². The summed E-state index contributed by atoms with van der Waals surface area (Å²) in [6.07, 6.45) is 1.53. The number of rotatable bonds is 2. The van der Waals surface area contributed by atoms with Crippen LogP contribution >= 0.6 is 0 Å². The zero-order valence-electron chi connectivity index (χ0n) is 7.04. The van der Waals surface area contributed by atoms with Crippen LogP contribution in [-0.4, -0.2) is 25.7 Å². The fraction of sp³-hybridized carbons (Fsp3) is 0.875. The molecule has 1 atom stereocenters. The van der Waals surface area contributed by atoms with Crippen molar-refractivity contribution in [3.8, 4) is 0 Å². The van der Waals surface area contributed by atoms with Gasteiger partial charge in [0.05, 0.1) is 11.5 Å². The van der Waals surface area contributed by atoms with Crippen molar-refractivity contribution in [3.63, 3.8) is 0 Å². The number of sulfone groups is 1. The van der Waals surface area contributed by atoms with Gasteiger partial charge in [-0.3, -0.25) is 0 Å². The number of hydrogen-bond donors (Lipinski definition) is 0. The monoisotopic (exact) mass is 188 g/mol. The third kappa shape index (κ3) is 1.18. The minimum absolute atomic E-state index is 0.0461. The topological polar surface area (TPSA) is 51.2 Å². The molecule has 0 radical (unpaired) electrons. The van der Waals surface area contributed by atoms with Crippen LogP contribution < -0.4 is 0 Å². The molecule has 2 rings (SSSR count). The third-order valence-electron chi connectivity index (χ3n) is 2.91. The molecule has 68 valence electrons. The highest BCUT2D eigenvalue weighted by atomic mass is 32.2. The van der Waals surface area contributed by atoms with E-state index in [9.17, 15) is 13.2 Å². The Kier molecular flexibility index (Phi) is 1.44. The Balaban J connectivity index is 1.93. The highest BCUT2D eigenvalue weighted by molar-refractivity contribution is 7.92. The lowest BCUT2D eigenvalue weighted by atomic mass is 10.1. The fourth-order valence-electron chi connectivity index (χ4n) is 2.25. The van der Waals surface area contributed by atoms with Crippen molar-refractivity contribution in [2.75, 3.05) is 11.5 Å². The summed E-state index contributed by atoms with van der Waals surface area (Å²) in [7, 11) is -2.71. The molecule has 4 heteroatoms. The Morgan fingerprint density at radius 2 is 2.08 bits per heavy atom. The Bertz CT molecular complexity index is 316. The van der Waals surface area contributed by atoms with E-state index in [-0.39, 0.29) is 11.2 Å². The maximum atomic E-state index is 10.9. The van der Waals surface area contributed by atoms with Crippen LogP contribution in [0.3, 0.4) is 0 Å². The molecule has 0 bridgehead atoms. The highest BCUT2D eigenvalue weighted by Crippen LogP contribution is 2.61. The Morgan fingerprint density at radius 3 is 2.50 bits per heavy atom. The summed E-state index contributed by atoms with van der Waals surface area (Å²) in [5.74, 6) is 1.22. The number of carbonyl (C=O) groups excluding carboxylic acids is 1. The minimum Gasteiger partial charge on any atom is -0.300 e. The largest absolute Gasteiger partial charge is 0.300 e. The van der Waals surface area contributed by atoms with Crippen LogP contribution in [-0.2, 0) is 14.6 Å². The smallest absolute Gasteiger partial charge is 0.151 e. The molecule has 0 amide bonds. The van der Waals surface area contributed by atoms with Gasteiger partial charge in [-0.1, -0.05) is 0 Å². The summed E-state index contributed by atoms with van der Waals surface area (Å²) >= 11 is 0. The lowest BCUT2D eigenvalue weighted by molar-refractivity contribution is -0.117. The Hall–Kier alpha value is -0.380. The van der Waals surface area contributed by atoms with Gasteiger partial charge < -0.3 is 4.79 Å². The van der Waals surface area contributed by atoms with Crippen LogP contribution in [0.1, 0.15) is 19.8 Å². The number of carbonyl (C=O) groups is 1. The second-order valence-electron chi connectivity index (χ2n) is 4.20. The van der Waals surface area contributed by atoms with Crippen LogP contribution in [0, 0.1) is 11.3 Å². The molecule has 0 N–H and O–H groups in total. The first-order valence-corrected chi connectivity index (χ1v) is 5.96. The second-order valence-corrected chi connectivity index (χ2v) is 6.27. The molecule has 0 aromatic rings. The normalized spacial score (nSPS) is 34.2. The number of Topliss-reactive ketones (excluding diaryl/α,β-unsaturated/α-hetero) is 1. The van der Waals surface area contributed by atoms with Gasteiger partial charge in [0.25, 0.3) is 0 Å². The average molecular weight is 188 g/mol. The second kappa shape index (κ2) is 2.10. The van der Waals surface area contributed by atoms with Crippen molar-refractivity contribution in [1.29, 1.82) is 0 Å². The maximum Gasteiger partial charge on any atom is 0.151 e. The Morgan fingerprint density at radius 1 is 1.50 bits per heavy atom. The zero-order valence-corrected chi connectivity index (χ0v) is 7.86. The van der Waals surface area contributed by atoms with Gasteiger partial charge in [-0.25, -0.2) is 8.42 Å². The summed E-state index contributed by atoms with van der Waals surface area (Å²) in [4.78, 5) is 10.7. The first-order chi connectivity index (χ1) is 5.44. The van der Waals surface area contributed by atoms with Crippen molar-refractivity contribution in [3.05, 3.63) is 0 Å². The molecule has 1 unspecified atom stereocenters. The first-order valence-electron chi connectivity index (χ1n) is 4.13. The predicted octanol–water partition coefficient (Wildman–Crippen LogP) is 0.400. The van der Waals surface area contributed by atoms with E-state index in [1.165, 1.54) is 0 Å². The van der Waals surface area contributed by atoms with E-state index >= 15 is 0 Å². The van der Waals surface area contributed by atoms with Crippen molar-refractivity contribution in [2.45, 2.75) is 19.8 Å². The number of hydrogen-bond acceptors (Lipinski definition) is 3. The van der Waals surface area contributed by atoms with Gasteiger partial charge in [0, 0.05) is 11.8 Å². The summed E-state index contributed by atoms with van der Waals surface area (Å²) in [6.45, 7) is 1.57. The van der Waals surface area contributed by atoms with Crippen LogP contribution in [0.15, 0.2) is 0 Å². The minimum atomic E-state index is -2.71. The quantitative estimate of drug-likeness (QED) is 0.630. The van der Waals surface area contributed by atoms with E-state index in [0.717, 1.165) is 6.42 Å². The molecule has 1 spiro atoms. The van der Waals surface area contributed by atoms with Crippen LogP contribution in [0.4, 0.5) is 0 Å². The molecule has 1 saturated heterocycles. The van der Waals surface area contributed by atoms with Crippen molar-refractivity contribution in [2.24, 2.45) is 11.3 Å². The average Bonchev–Trinajstić information content (AvgIpc) is 2.36. The van der Waals surface area contributed by atoms with Crippen molar-refractivity contribution in [1.82, 2.24) is 0 Å². The fourth-order valence-corrected chi connectivity index (χ4v) is 4.63. The first kappa shape index (κ1) is 8.23. The maximum absolute atomic E-state index is 10.9. The van der Waals surface area contributed by atoms with Crippen LogP contribution in [0.25, 0.3) is 0 Å². The number of ketones is 1. The van der Waals surface area contributed by atoms with E-state index in [1.807, 2.05) is 0 Å². The predicted molar refractivity (Wildman–Crippen MR) is 44.5 cm³/mol. The van der Waals surface area contributed by atoms with Gasteiger partial charge in [-0.05, 0) is 19.3 Å². The standard InChI is InChI=1S/C8H12O3S/c1-6(9)2-7-3-8(7)4-12(10,11)5-8/h7H,2-5H2,1H3. The molecule has 2 aliphatic rings. The molecule has 1 heterocycles. The third-order valence-corrected chi connectivity index (χ3v) is 4.94. The molecule has 1 aliphatic heterocycles. The summed E-state index contributed by atoms with van der Waals surface area (Å²) in [5, 5.41) is 0.